The predicted octanol–water partition coefficient (Wildman–Crippen LogP) is 4.54. The number of carbonyl (C=O) groups is 1. The number of carboxylic acid groups (broad SMARTS) is 1. The van der Waals surface area contributed by atoms with Crippen molar-refractivity contribution in [2.24, 2.45) is 16.8 Å². The largest absolute Gasteiger partial charge is 0.491 e. The molecule has 0 bridgehead atoms. The Hall–Kier alpha value is -4.65. The lowest BCUT2D eigenvalue weighted by Gasteiger charge is -2.29. The van der Waals surface area contributed by atoms with E-state index in [1.807, 2.05) is 0 Å². The molecule has 5 aromatic rings. The number of nitrogens with zero attached hydrogens (tertiary/aromatic N) is 4. The maximum atomic E-state index is 13.1. The molecule has 0 aliphatic heterocycles. The van der Waals surface area contributed by atoms with Crippen LogP contribution in [-0.4, -0.2) is 58.8 Å². The van der Waals surface area contributed by atoms with Crippen LogP contribution in [-0.2, 0) is 40.4 Å². The van der Waals surface area contributed by atoms with Gasteiger partial charge in [0.1, 0.15) is 37.1 Å². The lowest BCUT2D eigenvalue weighted by atomic mass is 9.85. The minimum Gasteiger partial charge on any atom is -0.491 e. The van der Waals surface area contributed by atoms with Crippen molar-refractivity contribution in [3.63, 3.8) is 0 Å². The molecule has 3 aromatic carbocycles. The van der Waals surface area contributed by atoms with E-state index in [2.05, 4.69) is 15.3 Å². The van der Waals surface area contributed by atoms with E-state index in [1.165, 1.54) is 16.8 Å². The normalized spacial score (nSPS) is 14.0. The van der Waals surface area contributed by atoms with Gasteiger partial charge in [0.15, 0.2) is 0 Å². The van der Waals surface area contributed by atoms with E-state index in [-0.39, 0.29) is 30.4 Å². The third-order valence-electron chi connectivity index (χ3n) is 7.54. The number of aromatic nitrogens is 4. The smallest absolute Gasteiger partial charge is 0.416 e. The van der Waals surface area contributed by atoms with Crippen LogP contribution in [0, 0.1) is 5.92 Å². The Morgan fingerprint density at radius 3 is 2.27 bits per heavy atom. The van der Waals surface area contributed by atoms with Crippen molar-refractivity contribution in [2.45, 2.75) is 42.0 Å². The van der Waals surface area contributed by atoms with Crippen molar-refractivity contribution in [2.75, 3.05) is 13.3 Å². The summed E-state index contributed by atoms with van der Waals surface area (Å²) in [5.41, 5.74) is 7.64. The Bertz CT molecular complexity index is 2000. The predicted molar refractivity (Wildman–Crippen MR) is 170 cm³/mol. The van der Waals surface area contributed by atoms with Gasteiger partial charge in [0.25, 0.3) is 10.0 Å². The second kappa shape index (κ2) is 14.9. The lowest BCUT2D eigenvalue weighted by Crippen LogP contribution is -2.44. The van der Waals surface area contributed by atoms with Gasteiger partial charge in [-0.25, -0.2) is 27.6 Å². The number of benzene rings is 3. The highest BCUT2D eigenvalue weighted by atomic mass is 32.2. The van der Waals surface area contributed by atoms with Crippen LogP contribution in [0.15, 0.2) is 77.3 Å². The maximum Gasteiger partial charge on any atom is 0.416 e. The van der Waals surface area contributed by atoms with Crippen molar-refractivity contribution in [1.82, 2.24) is 20.0 Å². The Kier molecular flexibility index (Phi) is 10.8. The number of ether oxygens (including phenoxy) is 2. The van der Waals surface area contributed by atoms with Gasteiger partial charge in [-0.05, 0) is 66.4 Å². The Labute approximate surface area is 281 Å². The molecule has 1 unspecified atom stereocenters. The van der Waals surface area contributed by atoms with Gasteiger partial charge in [0, 0.05) is 6.04 Å². The second-order valence-electron chi connectivity index (χ2n) is 11.0. The first kappa shape index (κ1) is 35.7. The molecule has 3 atom stereocenters. The highest BCUT2D eigenvalue weighted by Crippen LogP contribution is 2.31. The molecule has 0 spiro atoms. The molecule has 5 rings (SSSR count). The fourth-order valence-corrected chi connectivity index (χ4v) is 6.74. The van der Waals surface area contributed by atoms with Crippen LogP contribution in [0.25, 0.3) is 10.2 Å². The molecule has 12 nitrogen and oxygen atoms in total. The third-order valence-corrected chi connectivity index (χ3v) is 9.88. The van der Waals surface area contributed by atoms with E-state index >= 15 is 0 Å². The van der Waals surface area contributed by atoms with Crippen molar-refractivity contribution in [3.05, 3.63) is 95.3 Å². The van der Waals surface area contributed by atoms with Crippen LogP contribution in [0.1, 0.15) is 28.4 Å². The van der Waals surface area contributed by atoms with Crippen LogP contribution in [0.5, 0.6) is 11.5 Å². The molecule has 49 heavy (non-hydrogen) atoms. The molecule has 0 saturated heterocycles. The van der Waals surface area contributed by atoms with Gasteiger partial charge in [-0.3, -0.25) is 4.79 Å². The molecule has 0 aliphatic rings. The van der Waals surface area contributed by atoms with Crippen molar-refractivity contribution >= 4 is 37.5 Å². The van der Waals surface area contributed by atoms with Crippen LogP contribution in [0.3, 0.4) is 0 Å². The summed E-state index contributed by atoms with van der Waals surface area (Å²) >= 11 is 0.891. The fourth-order valence-electron chi connectivity index (χ4n) is 5.06. The van der Waals surface area contributed by atoms with E-state index in [0.717, 1.165) is 29.0 Å². The van der Waals surface area contributed by atoms with E-state index in [9.17, 15) is 35.9 Å². The highest BCUT2D eigenvalue weighted by Gasteiger charge is 2.35. The van der Waals surface area contributed by atoms with Crippen LogP contribution in [0.4, 0.5) is 17.6 Å². The number of hydrogen-bond acceptors (Lipinski definition) is 10. The molecule has 0 fully saturated rings. The zero-order chi connectivity index (χ0) is 35.3. The summed E-state index contributed by atoms with van der Waals surface area (Å²) in [6.45, 7) is -0.843. The molecule has 0 saturated carbocycles. The van der Waals surface area contributed by atoms with Gasteiger partial charge in [0.05, 0.1) is 33.9 Å². The molecule has 2 heterocycles. The number of thiazole rings is 1. The highest BCUT2D eigenvalue weighted by molar-refractivity contribution is 7.91. The number of sulfonamides is 1. The summed E-state index contributed by atoms with van der Waals surface area (Å²) in [4.78, 5) is 16.5. The molecule has 260 valence electrons. The number of fused-ring (bicyclic) bond motifs is 1. The number of halogens is 4. The minimum absolute atomic E-state index is 0.0666. The average molecular weight is 723 g/mol. The molecule has 18 heteroatoms. The number of rotatable bonds is 15. The van der Waals surface area contributed by atoms with Gasteiger partial charge in [-0.15, -0.1) is 16.4 Å². The van der Waals surface area contributed by atoms with Crippen molar-refractivity contribution in [1.29, 1.82) is 0 Å². The zero-order valence-corrected chi connectivity index (χ0v) is 27.1. The Morgan fingerprint density at radius 2 is 1.63 bits per heavy atom. The number of carboxylic acids is 1. The van der Waals surface area contributed by atoms with E-state index in [4.69, 9.17) is 20.3 Å². The molecular formula is C31H30F4N6O6S2. The first-order chi connectivity index (χ1) is 23.2. The lowest BCUT2D eigenvalue weighted by molar-refractivity contribution is -0.143. The van der Waals surface area contributed by atoms with E-state index < -0.39 is 52.4 Å². The van der Waals surface area contributed by atoms with E-state index in [0.29, 0.717) is 33.0 Å². The van der Waals surface area contributed by atoms with Crippen LogP contribution in [0.2, 0.25) is 0 Å². The Morgan fingerprint density at radius 1 is 0.980 bits per heavy atom. The topological polar surface area (TPSA) is 186 Å². The van der Waals surface area contributed by atoms with Gasteiger partial charge in [-0.2, -0.15) is 13.2 Å². The number of alkyl halides is 4. The number of primary sulfonamides is 1. The van der Waals surface area contributed by atoms with Gasteiger partial charge in [-0.1, -0.05) is 29.5 Å². The fraction of sp³-hybridized carbons (Fsp3) is 0.290. The third kappa shape index (κ3) is 9.08. The second-order valence-corrected chi connectivity index (χ2v) is 13.8. The van der Waals surface area contributed by atoms with Crippen molar-refractivity contribution < 1.29 is 45.4 Å². The summed E-state index contributed by atoms with van der Waals surface area (Å²) in [5.74, 6) is -1.66. The maximum absolute atomic E-state index is 13.1. The van der Waals surface area contributed by atoms with Gasteiger partial charge in [0.2, 0.25) is 4.34 Å². The number of aliphatic carboxylic acids is 1. The first-order valence-corrected chi connectivity index (χ1v) is 17.0. The van der Waals surface area contributed by atoms with Crippen LogP contribution < -0.4 is 20.3 Å². The molecular weight excluding hydrogens is 693 g/mol. The van der Waals surface area contributed by atoms with E-state index in [1.54, 1.807) is 48.7 Å². The molecule has 0 aliphatic carbocycles. The first-order valence-electron chi connectivity index (χ1n) is 14.6. The van der Waals surface area contributed by atoms with Crippen LogP contribution >= 0.6 is 11.3 Å². The summed E-state index contributed by atoms with van der Waals surface area (Å²) in [6.07, 6.45) is -2.97. The minimum atomic E-state index is -4.54. The standard InChI is InChI=1S/C31H30F4N6O6S2/c32-11-12-46-22-7-3-19(4-8-22)14-26(28(36)24(29(42)43)13-18-1-5-20(6-2-18)31(33,34)35)41-16-21(39-40-41)17-47-23-9-10-25-27(15-23)48-30(38-25)49(37,44)45/h1-10,15-16,24,26,28H,11-14,17,36H2,(H,42,43)(H2,37,44,45)/t24-,26+,28?/m1/s1. The number of hydrogen-bond donors (Lipinski definition) is 3. The number of nitrogens with two attached hydrogens (primary N) is 2. The molecule has 5 N–H and O–H groups in total. The summed E-state index contributed by atoms with van der Waals surface area (Å²) in [7, 11) is -3.97. The summed E-state index contributed by atoms with van der Waals surface area (Å²) in [5, 5.41) is 23.7. The molecule has 0 amide bonds. The summed E-state index contributed by atoms with van der Waals surface area (Å²) in [6, 6.07) is 13.8. The Balaban J connectivity index is 1.37. The van der Waals surface area contributed by atoms with Gasteiger partial charge < -0.3 is 20.3 Å². The zero-order valence-electron chi connectivity index (χ0n) is 25.5. The molecule has 0 radical (unpaired) electrons. The summed E-state index contributed by atoms with van der Waals surface area (Å²) < 4.78 is 88.0. The quantitative estimate of drug-likeness (QED) is 0.130. The van der Waals surface area contributed by atoms with Gasteiger partial charge >= 0.3 is 12.1 Å². The molecule has 2 aromatic heterocycles. The average Bonchev–Trinajstić information content (AvgIpc) is 3.71. The monoisotopic (exact) mass is 722 g/mol. The van der Waals surface area contributed by atoms with Crippen molar-refractivity contribution in [3.8, 4) is 11.5 Å². The SMILES string of the molecule is NC([C@@H](Cc1ccc(C(F)(F)F)cc1)C(=O)O)[C@H](Cc1ccc(OCCF)cc1)n1cc(COc2ccc3nc(S(N)(=O)=O)sc3c2)nn1.